The maximum Gasteiger partial charge on any atom is 0.341 e. The largest absolute Gasteiger partial charge is 0.462 e. The Kier molecular flexibility index (Phi) is 6.81. The van der Waals surface area contributed by atoms with Crippen LogP contribution in [0, 0.1) is 6.92 Å². The molecule has 0 saturated heterocycles. The second-order valence-electron chi connectivity index (χ2n) is 7.26. The van der Waals surface area contributed by atoms with Gasteiger partial charge in [-0.05, 0) is 46.1 Å². The fourth-order valence-electron chi connectivity index (χ4n) is 3.07. The first kappa shape index (κ1) is 22.3. The Balaban J connectivity index is 1.75. The van der Waals surface area contributed by atoms with Gasteiger partial charge in [-0.15, -0.1) is 21.5 Å². The molecule has 0 unspecified atom stereocenters. The van der Waals surface area contributed by atoms with Gasteiger partial charge in [0.2, 0.25) is 5.91 Å². The molecule has 0 radical (unpaired) electrons. The molecule has 1 saturated carbocycles. The predicted molar refractivity (Wildman–Crippen MR) is 115 cm³/mol. The number of rotatable bonds is 9. The summed E-state index contributed by atoms with van der Waals surface area (Å²) in [7, 11) is 0. The van der Waals surface area contributed by atoms with E-state index >= 15 is 0 Å². The highest BCUT2D eigenvalue weighted by atomic mass is 32.2. The molecule has 0 bridgehead atoms. The van der Waals surface area contributed by atoms with E-state index in [1.807, 2.05) is 0 Å². The summed E-state index contributed by atoms with van der Waals surface area (Å²) in [6.45, 7) is 7.59. The number of nitrogens with zero attached hydrogens (tertiary/aromatic N) is 3. The molecule has 2 aromatic heterocycles. The number of carbonyl (C=O) groups excluding carboxylic acids is 3. The number of nitrogens with two attached hydrogens (primary N) is 1. The summed E-state index contributed by atoms with van der Waals surface area (Å²) in [6, 6.07) is 0.189. The van der Waals surface area contributed by atoms with E-state index in [4.69, 9.17) is 10.5 Å². The smallest absolute Gasteiger partial charge is 0.341 e. The number of anilines is 1. The van der Waals surface area contributed by atoms with Crippen LogP contribution in [0.25, 0.3) is 0 Å². The standard InChI is InChI=1S/C19H25N5O4S2/c1-5-28-18(27)13-10(4)14(15(20)26)30-17(13)21-12(25)8-29-19-23-22-16(11-6-7-11)24(19)9(2)3/h9,11H,5-8H2,1-4H3,(H2,20,26)(H,21,25). The van der Waals surface area contributed by atoms with E-state index in [-0.39, 0.29) is 39.8 Å². The van der Waals surface area contributed by atoms with Gasteiger partial charge in [0.05, 0.1) is 22.8 Å². The molecule has 1 aliphatic carbocycles. The molecule has 162 valence electrons. The van der Waals surface area contributed by atoms with Crippen LogP contribution in [-0.2, 0) is 9.53 Å². The quantitative estimate of drug-likeness (QED) is 0.442. The number of carbonyl (C=O) groups is 3. The number of hydrogen-bond acceptors (Lipinski definition) is 8. The lowest BCUT2D eigenvalue weighted by atomic mass is 10.1. The Morgan fingerprint density at radius 3 is 2.60 bits per heavy atom. The van der Waals surface area contributed by atoms with Crippen molar-refractivity contribution in [3.8, 4) is 0 Å². The molecular weight excluding hydrogens is 426 g/mol. The number of aromatic nitrogens is 3. The van der Waals surface area contributed by atoms with Gasteiger partial charge < -0.3 is 20.4 Å². The Morgan fingerprint density at radius 2 is 2.03 bits per heavy atom. The Labute approximate surface area is 182 Å². The van der Waals surface area contributed by atoms with E-state index in [0.717, 1.165) is 30.0 Å². The zero-order chi connectivity index (χ0) is 22.0. The molecule has 9 nitrogen and oxygen atoms in total. The number of hydrogen-bond donors (Lipinski definition) is 2. The maximum atomic E-state index is 12.6. The van der Waals surface area contributed by atoms with Gasteiger partial charge >= 0.3 is 5.97 Å². The minimum atomic E-state index is -0.657. The molecule has 0 aliphatic heterocycles. The first-order valence-corrected chi connectivity index (χ1v) is 11.5. The van der Waals surface area contributed by atoms with Crippen molar-refractivity contribution in [2.45, 2.75) is 57.7 Å². The lowest BCUT2D eigenvalue weighted by Crippen LogP contribution is -2.17. The number of amides is 2. The average molecular weight is 452 g/mol. The van der Waals surface area contributed by atoms with Gasteiger partial charge in [-0.1, -0.05) is 11.8 Å². The Morgan fingerprint density at radius 1 is 1.33 bits per heavy atom. The number of thiophene rings is 1. The molecule has 30 heavy (non-hydrogen) atoms. The van der Waals surface area contributed by atoms with Crippen LogP contribution in [-0.4, -0.2) is 44.9 Å². The van der Waals surface area contributed by atoms with Crippen molar-refractivity contribution in [2.24, 2.45) is 5.73 Å². The molecule has 0 atom stereocenters. The molecule has 2 amide bonds. The highest BCUT2D eigenvalue weighted by Crippen LogP contribution is 2.41. The van der Waals surface area contributed by atoms with Gasteiger partial charge in [-0.3, -0.25) is 9.59 Å². The molecule has 11 heteroatoms. The Hall–Kier alpha value is -2.40. The van der Waals surface area contributed by atoms with Crippen LogP contribution in [0.4, 0.5) is 5.00 Å². The molecule has 3 rings (SSSR count). The van der Waals surface area contributed by atoms with E-state index < -0.39 is 11.9 Å². The van der Waals surface area contributed by atoms with E-state index in [2.05, 4.69) is 33.9 Å². The second kappa shape index (κ2) is 9.17. The monoisotopic (exact) mass is 451 g/mol. The third-order valence-electron chi connectivity index (χ3n) is 4.59. The highest BCUT2D eigenvalue weighted by Gasteiger charge is 2.31. The zero-order valence-corrected chi connectivity index (χ0v) is 19.0. The molecule has 0 spiro atoms. The second-order valence-corrected chi connectivity index (χ2v) is 9.22. The summed E-state index contributed by atoms with van der Waals surface area (Å²) in [5.41, 5.74) is 5.97. The Bertz CT molecular complexity index is 978. The van der Waals surface area contributed by atoms with Crippen molar-refractivity contribution < 1.29 is 19.1 Å². The molecule has 1 aliphatic rings. The number of nitrogens with one attached hydrogen (secondary N) is 1. The first-order chi connectivity index (χ1) is 14.2. The summed E-state index contributed by atoms with van der Waals surface area (Å²) in [5.74, 6) is -0.0744. The molecule has 2 aromatic rings. The number of ether oxygens (including phenoxy) is 1. The van der Waals surface area contributed by atoms with Crippen LogP contribution in [0.3, 0.4) is 0 Å². The van der Waals surface area contributed by atoms with Gasteiger partial charge in [-0.2, -0.15) is 0 Å². The van der Waals surface area contributed by atoms with Crippen LogP contribution >= 0.6 is 23.1 Å². The van der Waals surface area contributed by atoms with Crippen LogP contribution in [0.2, 0.25) is 0 Å². The molecule has 2 heterocycles. The van der Waals surface area contributed by atoms with Crippen molar-refractivity contribution in [3.63, 3.8) is 0 Å². The summed E-state index contributed by atoms with van der Waals surface area (Å²) < 4.78 is 7.13. The highest BCUT2D eigenvalue weighted by molar-refractivity contribution is 7.99. The van der Waals surface area contributed by atoms with Gasteiger partial charge in [-0.25, -0.2) is 4.79 Å². The molecule has 3 N–H and O–H groups in total. The van der Waals surface area contributed by atoms with Crippen molar-refractivity contribution >= 4 is 45.9 Å². The third kappa shape index (κ3) is 4.67. The van der Waals surface area contributed by atoms with E-state index in [1.54, 1.807) is 13.8 Å². The average Bonchev–Trinajstić information content (AvgIpc) is 3.34. The topological polar surface area (TPSA) is 129 Å². The fraction of sp³-hybridized carbons (Fsp3) is 0.526. The molecular formula is C19H25N5O4S2. The SMILES string of the molecule is CCOC(=O)c1c(NC(=O)CSc2nnc(C3CC3)n2C(C)C)sc(C(N)=O)c1C. The summed E-state index contributed by atoms with van der Waals surface area (Å²) >= 11 is 2.26. The van der Waals surface area contributed by atoms with Gasteiger partial charge in [0.25, 0.3) is 5.91 Å². The normalized spacial score (nSPS) is 13.5. The van der Waals surface area contributed by atoms with Crippen molar-refractivity contribution in [1.82, 2.24) is 14.8 Å². The zero-order valence-electron chi connectivity index (χ0n) is 17.4. The summed E-state index contributed by atoms with van der Waals surface area (Å²) in [5, 5.41) is 12.2. The van der Waals surface area contributed by atoms with Gasteiger partial charge in [0.1, 0.15) is 10.8 Å². The van der Waals surface area contributed by atoms with Crippen LogP contribution in [0.5, 0.6) is 0 Å². The van der Waals surface area contributed by atoms with E-state index in [0.29, 0.717) is 16.6 Å². The third-order valence-corrected chi connectivity index (χ3v) is 6.75. The van der Waals surface area contributed by atoms with E-state index in [9.17, 15) is 14.4 Å². The number of thioether (sulfide) groups is 1. The van der Waals surface area contributed by atoms with Crippen LogP contribution in [0.15, 0.2) is 5.16 Å². The molecule has 1 fully saturated rings. The van der Waals surface area contributed by atoms with Gasteiger partial charge in [0, 0.05) is 12.0 Å². The van der Waals surface area contributed by atoms with Crippen molar-refractivity contribution in [2.75, 3.05) is 17.7 Å². The minimum absolute atomic E-state index is 0.0840. The molecule has 0 aromatic carbocycles. The minimum Gasteiger partial charge on any atom is -0.462 e. The van der Waals surface area contributed by atoms with Crippen molar-refractivity contribution in [3.05, 3.63) is 21.8 Å². The number of primary amides is 1. The lowest BCUT2D eigenvalue weighted by molar-refractivity contribution is -0.113. The summed E-state index contributed by atoms with van der Waals surface area (Å²) in [6.07, 6.45) is 2.24. The lowest BCUT2D eigenvalue weighted by Gasteiger charge is -2.13. The van der Waals surface area contributed by atoms with Crippen molar-refractivity contribution in [1.29, 1.82) is 0 Å². The predicted octanol–water partition coefficient (Wildman–Crippen LogP) is 3.11. The van der Waals surface area contributed by atoms with E-state index in [1.165, 1.54) is 11.8 Å². The van der Waals surface area contributed by atoms with Gasteiger partial charge in [0.15, 0.2) is 5.16 Å². The fourth-order valence-corrected chi connectivity index (χ4v) is 5.01. The van der Waals surface area contributed by atoms with Crippen LogP contribution < -0.4 is 11.1 Å². The number of esters is 1. The first-order valence-electron chi connectivity index (χ1n) is 9.72. The van der Waals surface area contributed by atoms with Crippen LogP contribution in [0.1, 0.15) is 77.0 Å². The maximum absolute atomic E-state index is 12.6. The summed E-state index contributed by atoms with van der Waals surface area (Å²) in [4.78, 5) is 36.8.